The monoisotopic (exact) mass is 446 g/mol. The number of hydrogen-bond acceptors (Lipinski definition) is 4. The van der Waals surface area contributed by atoms with Gasteiger partial charge in [-0.2, -0.15) is 0 Å². The maximum absolute atomic E-state index is 12.7. The van der Waals surface area contributed by atoms with Crippen LogP contribution in [0.3, 0.4) is 0 Å². The van der Waals surface area contributed by atoms with Crippen LogP contribution >= 0.6 is 15.9 Å². The van der Waals surface area contributed by atoms with Crippen molar-refractivity contribution < 1.29 is 9.59 Å². The maximum atomic E-state index is 12.7. The lowest BCUT2D eigenvalue weighted by Gasteiger charge is -2.19. The molecule has 2 aromatic carbocycles. The zero-order chi connectivity index (χ0) is 20.7. The van der Waals surface area contributed by atoms with Gasteiger partial charge in [-0.3, -0.25) is 9.59 Å². The summed E-state index contributed by atoms with van der Waals surface area (Å²) in [4.78, 5) is 29.2. The van der Waals surface area contributed by atoms with Crippen LogP contribution in [0, 0.1) is 0 Å². The SMILES string of the molecule is CN(C)CCCNC(=O)c1cc(NC(=O)c2ccccc2Br)ccc1N(C)C. The summed E-state index contributed by atoms with van der Waals surface area (Å²) in [5, 5.41) is 5.83. The Kier molecular flexibility index (Phi) is 8.02. The lowest BCUT2D eigenvalue weighted by atomic mass is 10.1. The van der Waals surface area contributed by atoms with Gasteiger partial charge in [0.05, 0.1) is 11.1 Å². The molecule has 0 unspecified atom stereocenters. The number of carbonyl (C=O) groups is 2. The predicted octanol–water partition coefficient (Wildman–Crippen LogP) is 3.45. The third-order valence-corrected chi connectivity index (χ3v) is 4.86. The summed E-state index contributed by atoms with van der Waals surface area (Å²) in [6.07, 6.45) is 0.870. The van der Waals surface area contributed by atoms with Gasteiger partial charge in [-0.15, -0.1) is 0 Å². The van der Waals surface area contributed by atoms with Crippen molar-refractivity contribution in [3.05, 3.63) is 58.1 Å². The zero-order valence-corrected chi connectivity index (χ0v) is 18.3. The molecule has 0 heterocycles. The second-order valence-electron chi connectivity index (χ2n) is 6.97. The number of amides is 2. The fourth-order valence-electron chi connectivity index (χ4n) is 2.72. The standard InChI is InChI=1S/C21H27BrN4O2/c1-25(2)13-7-12-23-20(27)17-14-15(10-11-19(17)26(3)4)24-21(28)16-8-5-6-9-18(16)22/h5-6,8-11,14H,7,12-13H2,1-4H3,(H,23,27)(H,24,28). The van der Waals surface area contributed by atoms with Gasteiger partial charge < -0.3 is 20.4 Å². The topological polar surface area (TPSA) is 64.7 Å². The first-order valence-electron chi connectivity index (χ1n) is 9.09. The van der Waals surface area contributed by atoms with Crippen molar-refractivity contribution >= 4 is 39.1 Å². The van der Waals surface area contributed by atoms with Crippen LogP contribution in [-0.4, -0.2) is 58.0 Å². The van der Waals surface area contributed by atoms with E-state index in [0.717, 1.165) is 23.1 Å². The molecule has 0 saturated heterocycles. The molecular formula is C21H27BrN4O2. The highest BCUT2D eigenvalue weighted by Gasteiger charge is 2.16. The van der Waals surface area contributed by atoms with E-state index in [1.807, 2.05) is 51.3 Å². The smallest absolute Gasteiger partial charge is 0.256 e. The molecule has 0 atom stereocenters. The summed E-state index contributed by atoms with van der Waals surface area (Å²) in [5.74, 6) is -0.387. The summed E-state index contributed by atoms with van der Waals surface area (Å²) >= 11 is 3.39. The van der Waals surface area contributed by atoms with Gasteiger partial charge in [0.2, 0.25) is 0 Å². The number of rotatable bonds is 8. The second kappa shape index (κ2) is 10.2. The van der Waals surface area contributed by atoms with Gasteiger partial charge in [0.15, 0.2) is 0 Å². The molecule has 0 aliphatic rings. The largest absolute Gasteiger partial charge is 0.377 e. The number of anilines is 2. The van der Waals surface area contributed by atoms with Crippen molar-refractivity contribution in [1.82, 2.24) is 10.2 Å². The van der Waals surface area contributed by atoms with Crippen molar-refractivity contribution in [2.45, 2.75) is 6.42 Å². The molecule has 0 bridgehead atoms. The summed E-state index contributed by atoms with van der Waals surface area (Å²) in [5.41, 5.74) is 2.43. The summed E-state index contributed by atoms with van der Waals surface area (Å²) in [6, 6.07) is 12.6. The van der Waals surface area contributed by atoms with E-state index in [1.54, 1.807) is 24.3 Å². The molecular weight excluding hydrogens is 420 g/mol. The third kappa shape index (κ3) is 6.07. The minimum Gasteiger partial charge on any atom is -0.377 e. The van der Waals surface area contributed by atoms with E-state index in [2.05, 4.69) is 31.5 Å². The van der Waals surface area contributed by atoms with Gasteiger partial charge in [-0.1, -0.05) is 12.1 Å². The average Bonchev–Trinajstić information content (AvgIpc) is 2.65. The molecule has 6 nitrogen and oxygen atoms in total. The number of nitrogens with one attached hydrogen (secondary N) is 2. The Bertz CT molecular complexity index is 837. The van der Waals surface area contributed by atoms with E-state index < -0.39 is 0 Å². The lowest BCUT2D eigenvalue weighted by Crippen LogP contribution is -2.28. The van der Waals surface area contributed by atoms with Crippen LogP contribution in [0.25, 0.3) is 0 Å². The Morgan fingerprint density at radius 1 is 0.964 bits per heavy atom. The molecule has 2 N–H and O–H groups in total. The van der Waals surface area contributed by atoms with Gasteiger partial charge in [0, 0.05) is 36.5 Å². The number of benzene rings is 2. The van der Waals surface area contributed by atoms with E-state index in [1.165, 1.54) is 0 Å². The van der Waals surface area contributed by atoms with Crippen LogP contribution in [0.2, 0.25) is 0 Å². The highest BCUT2D eigenvalue weighted by atomic mass is 79.9. The molecule has 0 aliphatic carbocycles. The Balaban J connectivity index is 2.17. The van der Waals surface area contributed by atoms with Crippen LogP contribution in [0.5, 0.6) is 0 Å². The quantitative estimate of drug-likeness (QED) is 0.609. The lowest BCUT2D eigenvalue weighted by molar-refractivity contribution is 0.0951. The molecule has 0 radical (unpaired) electrons. The molecule has 0 fully saturated rings. The fourth-order valence-corrected chi connectivity index (χ4v) is 3.19. The molecule has 0 aromatic heterocycles. The minimum atomic E-state index is -0.234. The van der Waals surface area contributed by atoms with Crippen molar-refractivity contribution in [2.75, 3.05) is 51.5 Å². The second-order valence-corrected chi connectivity index (χ2v) is 7.83. The summed E-state index contributed by atoms with van der Waals surface area (Å²) in [6.45, 7) is 1.50. The first-order chi connectivity index (χ1) is 13.3. The minimum absolute atomic E-state index is 0.153. The van der Waals surface area contributed by atoms with Crippen LogP contribution < -0.4 is 15.5 Å². The van der Waals surface area contributed by atoms with Crippen LogP contribution in [0.4, 0.5) is 11.4 Å². The van der Waals surface area contributed by atoms with E-state index in [9.17, 15) is 9.59 Å². The van der Waals surface area contributed by atoms with Gasteiger partial charge in [0.25, 0.3) is 11.8 Å². The maximum Gasteiger partial charge on any atom is 0.256 e. The molecule has 28 heavy (non-hydrogen) atoms. The summed E-state index contributed by atoms with van der Waals surface area (Å²) in [7, 11) is 7.78. The normalized spacial score (nSPS) is 10.6. The van der Waals surface area contributed by atoms with Crippen molar-refractivity contribution in [3.63, 3.8) is 0 Å². The Morgan fingerprint density at radius 2 is 1.68 bits per heavy atom. The van der Waals surface area contributed by atoms with Crippen molar-refractivity contribution in [2.24, 2.45) is 0 Å². The summed E-state index contributed by atoms with van der Waals surface area (Å²) < 4.78 is 0.719. The van der Waals surface area contributed by atoms with E-state index in [-0.39, 0.29) is 11.8 Å². The van der Waals surface area contributed by atoms with Crippen LogP contribution in [0.1, 0.15) is 27.1 Å². The van der Waals surface area contributed by atoms with Gasteiger partial charge in [-0.25, -0.2) is 0 Å². The number of hydrogen-bond donors (Lipinski definition) is 2. The fraction of sp³-hybridized carbons (Fsp3) is 0.333. The van der Waals surface area contributed by atoms with Crippen LogP contribution in [-0.2, 0) is 0 Å². The molecule has 7 heteroatoms. The van der Waals surface area contributed by atoms with Gasteiger partial charge in [-0.05, 0) is 73.3 Å². The predicted molar refractivity (Wildman–Crippen MR) is 118 cm³/mol. The number of carbonyl (C=O) groups excluding carboxylic acids is 2. The molecule has 0 aliphatic heterocycles. The first-order valence-corrected chi connectivity index (χ1v) is 9.89. The molecule has 2 aromatic rings. The van der Waals surface area contributed by atoms with Crippen molar-refractivity contribution in [1.29, 1.82) is 0 Å². The average molecular weight is 447 g/mol. The number of nitrogens with zero attached hydrogens (tertiary/aromatic N) is 2. The van der Waals surface area contributed by atoms with E-state index in [0.29, 0.717) is 23.4 Å². The highest BCUT2D eigenvalue weighted by Crippen LogP contribution is 2.24. The van der Waals surface area contributed by atoms with E-state index in [4.69, 9.17) is 0 Å². The Labute approximate surface area is 175 Å². The van der Waals surface area contributed by atoms with Gasteiger partial charge >= 0.3 is 0 Å². The van der Waals surface area contributed by atoms with Gasteiger partial charge in [0.1, 0.15) is 0 Å². The zero-order valence-electron chi connectivity index (χ0n) is 16.8. The molecule has 2 rings (SSSR count). The van der Waals surface area contributed by atoms with Crippen molar-refractivity contribution in [3.8, 4) is 0 Å². The highest BCUT2D eigenvalue weighted by molar-refractivity contribution is 9.10. The molecule has 150 valence electrons. The first kappa shape index (κ1) is 21.9. The third-order valence-electron chi connectivity index (χ3n) is 4.17. The molecule has 2 amide bonds. The Hall–Kier alpha value is -2.38. The van der Waals surface area contributed by atoms with Crippen LogP contribution in [0.15, 0.2) is 46.9 Å². The van der Waals surface area contributed by atoms with E-state index >= 15 is 0 Å². The number of halogens is 1. The molecule has 0 spiro atoms. The molecule has 0 saturated carbocycles. The Morgan fingerprint density at radius 3 is 2.32 bits per heavy atom.